The number of hydrogen-bond donors (Lipinski definition) is 1. The highest BCUT2D eigenvalue weighted by molar-refractivity contribution is 5.82. The van der Waals surface area contributed by atoms with Crippen molar-refractivity contribution in [3.05, 3.63) is 45.7 Å². The van der Waals surface area contributed by atoms with Gasteiger partial charge in [0.15, 0.2) is 0 Å². The van der Waals surface area contributed by atoms with Crippen molar-refractivity contribution in [3.8, 4) is 0 Å². The molecule has 2 rings (SSSR count). The first kappa shape index (κ1) is 9.00. The molecule has 0 aliphatic rings. The monoisotopic (exact) mass is 187 g/mol. The Labute approximate surface area is 82.6 Å². The van der Waals surface area contributed by atoms with E-state index in [-0.39, 0.29) is 5.56 Å². The fraction of sp³-hybridized carbons (Fsp3) is 0.250. The van der Waals surface area contributed by atoms with Crippen molar-refractivity contribution in [2.75, 3.05) is 0 Å². The summed E-state index contributed by atoms with van der Waals surface area (Å²) in [5.41, 5.74) is 3.49. The van der Waals surface area contributed by atoms with Crippen LogP contribution in [-0.4, -0.2) is 4.98 Å². The lowest BCUT2D eigenvalue weighted by molar-refractivity contribution is 1.12. The second-order valence-corrected chi connectivity index (χ2v) is 3.49. The summed E-state index contributed by atoms with van der Waals surface area (Å²) in [6.45, 7) is 4.24. The quantitative estimate of drug-likeness (QED) is 0.730. The maximum absolute atomic E-state index is 11.1. The van der Waals surface area contributed by atoms with E-state index in [0.717, 1.165) is 17.3 Å². The van der Waals surface area contributed by atoms with E-state index in [1.807, 2.05) is 12.1 Å². The Bertz CT molecular complexity index is 525. The molecule has 2 nitrogen and oxygen atoms in total. The topological polar surface area (TPSA) is 32.9 Å². The lowest BCUT2D eigenvalue weighted by atomic mass is 10.0. The van der Waals surface area contributed by atoms with Crippen LogP contribution in [0.2, 0.25) is 0 Å². The van der Waals surface area contributed by atoms with Gasteiger partial charge in [0.1, 0.15) is 0 Å². The Morgan fingerprint density at radius 1 is 1.21 bits per heavy atom. The molecule has 14 heavy (non-hydrogen) atoms. The first-order valence-corrected chi connectivity index (χ1v) is 4.84. The third-order valence-electron chi connectivity index (χ3n) is 2.67. The SMILES string of the molecule is CCc1ccc2[nH]c(=O)ccc2c1C. The van der Waals surface area contributed by atoms with Crippen molar-refractivity contribution >= 4 is 10.9 Å². The molecule has 0 unspecified atom stereocenters. The van der Waals surface area contributed by atoms with Gasteiger partial charge in [-0.15, -0.1) is 0 Å². The standard InChI is InChI=1S/C12H13NO/c1-3-9-4-6-11-10(8(9)2)5-7-12(14)13-11/h4-7H,3H2,1-2H3,(H,13,14). The number of nitrogens with one attached hydrogen (secondary N) is 1. The van der Waals surface area contributed by atoms with E-state index < -0.39 is 0 Å². The lowest BCUT2D eigenvalue weighted by Gasteiger charge is -2.06. The molecular formula is C12H13NO. The Balaban J connectivity index is 2.84. The van der Waals surface area contributed by atoms with Crippen LogP contribution in [0.4, 0.5) is 0 Å². The number of aryl methyl sites for hydroxylation is 2. The van der Waals surface area contributed by atoms with Gasteiger partial charge in [0.2, 0.25) is 5.56 Å². The van der Waals surface area contributed by atoms with Crippen LogP contribution in [0.3, 0.4) is 0 Å². The molecule has 72 valence electrons. The van der Waals surface area contributed by atoms with Gasteiger partial charge in [-0.05, 0) is 36.6 Å². The summed E-state index contributed by atoms with van der Waals surface area (Å²) in [5, 5.41) is 1.14. The van der Waals surface area contributed by atoms with Crippen molar-refractivity contribution in [1.29, 1.82) is 0 Å². The smallest absolute Gasteiger partial charge is 0.248 e. The van der Waals surface area contributed by atoms with Gasteiger partial charge in [-0.3, -0.25) is 4.79 Å². The second kappa shape index (κ2) is 3.29. The first-order chi connectivity index (χ1) is 6.72. The van der Waals surface area contributed by atoms with Crippen LogP contribution in [0, 0.1) is 6.92 Å². The molecule has 0 amide bonds. The number of aromatic amines is 1. The van der Waals surface area contributed by atoms with E-state index in [1.165, 1.54) is 11.1 Å². The number of benzene rings is 1. The molecule has 0 aliphatic carbocycles. The van der Waals surface area contributed by atoms with Crippen molar-refractivity contribution in [2.45, 2.75) is 20.3 Å². The molecule has 0 saturated heterocycles. The number of H-pyrrole nitrogens is 1. The van der Waals surface area contributed by atoms with E-state index in [1.54, 1.807) is 6.07 Å². The van der Waals surface area contributed by atoms with E-state index in [2.05, 4.69) is 24.9 Å². The molecule has 0 bridgehead atoms. The molecule has 0 radical (unpaired) electrons. The Morgan fingerprint density at radius 2 is 2.00 bits per heavy atom. The predicted octanol–water partition coefficient (Wildman–Crippen LogP) is 2.40. The number of rotatable bonds is 1. The summed E-state index contributed by atoms with van der Waals surface area (Å²) in [4.78, 5) is 13.9. The Hall–Kier alpha value is -1.57. The third-order valence-corrected chi connectivity index (χ3v) is 2.67. The van der Waals surface area contributed by atoms with Crippen molar-refractivity contribution in [1.82, 2.24) is 4.98 Å². The van der Waals surface area contributed by atoms with Crippen LogP contribution < -0.4 is 5.56 Å². The van der Waals surface area contributed by atoms with Crippen molar-refractivity contribution in [3.63, 3.8) is 0 Å². The largest absolute Gasteiger partial charge is 0.322 e. The summed E-state index contributed by atoms with van der Waals surface area (Å²) in [5.74, 6) is 0. The fourth-order valence-electron chi connectivity index (χ4n) is 1.81. The second-order valence-electron chi connectivity index (χ2n) is 3.49. The molecule has 1 aromatic carbocycles. The molecule has 2 heteroatoms. The van der Waals surface area contributed by atoms with Crippen LogP contribution in [-0.2, 0) is 6.42 Å². The van der Waals surface area contributed by atoms with Crippen LogP contribution >= 0.6 is 0 Å². The molecular weight excluding hydrogens is 174 g/mol. The first-order valence-electron chi connectivity index (χ1n) is 4.84. The summed E-state index contributed by atoms with van der Waals surface area (Å²) in [6, 6.07) is 7.52. The van der Waals surface area contributed by atoms with Crippen molar-refractivity contribution in [2.24, 2.45) is 0 Å². The van der Waals surface area contributed by atoms with E-state index in [9.17, 15) is 4.79 Å². The van der Waals surface area contributed by atoms with Gasteiger partial charge in [0, 0.05) is 17.0 Å². The van der Waals surface area contributed by atoms with Gasteiger partial charge in [-0.1, -0.05) is 13.0 Å². The molecule has 1 aromatic heterocycles. The van der Waals surface area contributed by atoms with Crippen LogP contribution in [0.5, 0.6) is 0 Å². The predicted molar refractivity (Wildman–Crippen MR) is 58.7 cm³/mol. The van der Waals surface area contributed by atoms with Crippen LogP contribution in [0.25, 0.3) is 10.9 Å². The van der Waals surface area contributed by atoms with Crippen LogP contribution in [0.1, 0.15) is 18.1 Å². The minimum Gasteiger partial charge on any atom is -0.322 e. The molecule has 0 spiro atoms. The highest BCUT2D eigenvalue weighted by Gasteiger charge is 2.01. The van der Waals surface area contributed by atoms with Gasteiger partial charge in [-0.2, -0.15) is 0 Å². The molecule has 1 heterocycles. The molecule has 1 N–H and O–H groups in total. The normalized spacial score (nSPS) is 10.7. The average Bonchev–Trinajstić information content (AvgIpc) is 2.18. The van der Waals surface area contributed by atoms with Gasteiger partial charge < -0.3 is 4.98 Å². The molecule has 2 aromatic rings. The average molecular weight is 187 g/mol. The number of aromatic nitrogens is 1. The molecule has 0 aliphatic heterocycles. The lowest BCUT2D eigenvalue weighted by Crippen LogP contribution is -2.03. The number of pyridine rings is 1. The Kier molecular flexibility index (Phi) is 2.12. The molecule has 0 fully saturated rings. The third kappa shape index (κ3) is 1.33. The van der Waals surface area contributed by atoms with Crippen molar-refractivity contribution < 1.29 is 0 Å². The van der Waals surface area contributed by atoms with E-state index in [4.69, 9.17) is 0 Å². The van der Waals surface area contributed by atoms with E-state index >= 15 is 0 Å². The highest BCUT2D eigenvalue weighted by Crippen LogP contribution is 2.19. The molecule has 0 saturated carbocycles. The minimum atomic E-state index is -0.0406. The highest BCUT2D eigenvalue weighted by atomic mass is 16.1. The number of fused-ring (bicyclic) bond motifs is 1. The zero-order chi connectivity index (χ0) is 10.1. The van der Waals surface area contributed by atoms with Gasteiger partial charge in [0.25, 0.3) is 0 Å². The van der Waals surface area contributed by atoms with Gasteiger partial charge in [0.05, 0.1) is 0 Å². The summed E-state index contributed by atoms with van der Waals surface area (Å²) in [6.07, 6.45) is 1.03. The van der Waals surface area contributed by atoms with E-state index in [0.29, 0.717) is 0 Å². The summed E-state index contributed by atoms with van der Waals surface area (Å²) < 4.78 is 0. The fourth-order valence-corrected chi connectivity index (χ4v) is 1.81. The maximum atomic E-state index is 11.1. The summed E-state index contributed by atoms with van der Waals surface area (Å²) in [7, 11) is 0. The van der Waals surface area contributed by atoms with Crippen LogP contribution in [0.15, 0.2) is 29.1 Å². The zero-order valence-corrected chi connectivity index (χ0v) is 8.42. The molecule has 0 atom stereocenters. The van der Waals surface area contributed by atoms with Gasteiger partial charge >= 0.3 is 0 Å². The summed E-state index contributed by atoms with van der Waals surface area (Å²) >= 11 is 0. The zero-order valence-electron chi connectivity index (χ0n) is 8.42. The minimum absolute atomic E-state index is 0.0406. The number of hydrogen-bond acceptors (Lipinski definition) is 1. The Morgan fingerprint density at radius 3 is 2.71 bits per heavy atom. The van der Waals surface area contributed by atoms with Gasteiger partial charge in [-0.25, -0.2) is 0 Å². The maximum Gasteiger partial charge on any atom is 0.248 e.